The minimum absolute atomic E-state index is 0.0587. The molecule has 0 radical (unpaired) electrons. The van der Waals surface area contributed by atoms with Gasteiger partial charge in [-0.15, -0.1) is 0 Å². The Morgan fingerprint density at radius 3 is 1.97 bits per heavy atom. The lowest BCUT2D eigenvalue weighted by Gasteiger charge is -2.24. The fraction of sp³-hybridized carbons (Fsp3) is 0.167. The topological polar surface area (TPSA) is 66.8 Å². The monoisotopic (exact) mass is 389 g/mol. The molecule has 0 heterocycles. The Hall–Kier alpha value is -3.44. The van der Waals surface area contributed by atoms with Crippen LogP contribution in [-0.4, -0.2) is 23.6 Å². The highest BCUT2D eigenvalue weighted by Crippen LogP contribution is 2.25. The SMILES string of the molecule is CC(C)CON(C(=O)c1ccccc1C(=O)O)c1ccc(-c2ccccc2)cc1. The molecule has 148 valence electrons. The van der Waals surface area contributed by atoms with E-state index in [1.165, 1.54) is 17.2 Å². The molecule has 0 aliphatic carbocycles. The molecule has 0 saturated carbocycles. The van der Waals surface area contributed by atoms with Crippen LogP contribution in [0.15, 0.2) is 78.9 Å². The first-order valence-corrected chi connectivity index (χ1v) is 9.42. The molecule has 0 aromatic heterocycles. The molecular weight excluding hydrogens is 366 g/mol. The molecule has 0 atom stereocenters. The average Bonchev–Trinajstić information content (AvgIpc) is 2.74. The minimum Gasteiger partial charge on any atom is -0.478 e. The molecule has 3 aromatic rings. The van der Waals surface area contributed by atoms with E-state index in [4.69, 9.17) is 4.84 Å². The Bertz CT molecular complexity index is 981. The third-order valence-corrected chi connectivity index (χ3v) is 4.32. The second kappa shape index (κ2) is 9.17. The van der Waals surface area contributed by atoms with Gasteiger partial charge < -0.3 is 5.11 Å². The van der Waals surface area contributed by atoms with Gasteiger partial charge in [-0.05, 0) is 41.3 Å². The Morgan fingerprint density at radius 2 is 1.38 bits per heavy atom. The second-order valence-corrected chi connectivity index (χ2v) is 7.05. The molecule has 5 nitrogen and oxygen atoms in total. The molecule has 5 heteroatoms. The highest BCUT2D eigenvalue weighted by molar-refractivity contribution is 6.11. The molecule has 0 bridgehead atoms. The summed E-state index contributed by atoms with van der Waals surface area (Å²) < 4.78 is 0. The fourth-order valence-corrected chi connectivity index (χ4v) is 2.86. The van der Waals surface area contributed by atoms with Crippen LogP contribution in [-0.2, 0) is 4.84 Å². The Kier molecular flexibility index (Phi) is 6.42. The van der Waals surface area contributed by atoms with Crippen molar-refractivity contribution in [3.05, 3.63) is 90.0 Å². The largest absolute Gasteiger partial charge is 0.478 e. The number of nitrogens with zero attached hydrogens (tertiary/aromatic N) is 1. The van der Waals surface area contributed by atoms with Crippen molar-refractivity contribution in [1.29, 1.82) is 0 Å². The first kappa shape index (κ1) is 20.3. The maximum Gasteiger partial charge on any atom is 0.336 e. The van der Waals surface area contributed by atoms with E-state index < -0.39 is 11.9 Å². The fourth-order valence-electron chi connectivity index (χ4n) is 2.86. The number of hydrogen-bond donors (Lipinski definition) is 1. The zero-order chi connectivity index (χ0) is 20.8. The highest BCUT2D eigenvalue weighted by Gasteiger charge is 2.24. The van der Waals surface area contributed by atoms with E-state index in [-0.39, 0.29) is 17.0 Å². The third kappa shape index (κ3) is 4.89. The van der Waals surface area contributed by atoms with Crippen LogP contribution in [0.2, 0.25) is 0 Å². The first-order valence-electron chi connectivity index (χ1n) is 9.42. The van der Waals surface area contributed by atoms with Gasteiger partial charge in [0.25, 0.3) is 5.91 Å². The lowest BCUT2D eigenvalue weighted by atomic mass is 10.0. The van der Waals surface area contributed by atoms with E-state index in [1.54, 1.807) is 24.3 Å². The van der Waals surface area contributed by atoms with E-state index in [1.807, 2.05) is 56.3 Å². The van der Waals surface area contributed by atoms with Gasteiger partial charge >= 0.3 is 5.97 Å². The lowest BCUT2D eigenvalue weighted by molar-refractivity contribution is 0.0565. The van der Waals surface area contributed by atoms with Crippen molar-refractivity contribution < 1.29 is 19.5 Å². The van der Waals surface area contributed by atoms with Gasteiger partial charge in [0.15, 0.2) is 0 Å². The summed E-state index contributed by atoms with van der Waals surface area (Å²) in [5.74, 6) is -1.48. The highest BCUT2D eigenvalue weighted by atomic mass is 16.7. The number of carboxylic acids is 1. The average molecular weight is 389 g/mol. The summed E-state index contributed by atoms with van der Waals surface area (Å²) in [6.07, 6.45) is 0. The predicted molar refractivity (Wildman–Crippen MR) is 113 cm³/mol. The maximum atomic E-state index is 13.2. The number of hydroxylamine groups is 1. The van der Waals surface area contributed by atoms with Crippen LogP contribution < -0.4 is 5.06 Å². The van der Waals surface area contributed by atoms with Crippen molar-refractivity contribution in [3.8, 4) is 11.1 Å². The Balaban J connectivity index is 1.95. The Morgan fingerprint density at radius 1 is 0.828 bits per heavy atom. The number of amides is 1. The van der Waals surface area contributed by atoms with Crippen molar-refractivity contribution in [3.63, 3.8) is 0 Å². The maximum absolute atomic E-state index is 13.2. The van der Waals surface area contributed by atoms with Gasteiger partial charge in [0.2, 0.25) is 0 Å². The number of benzene rings is 3. The van der Waals surface area contributed by atoms with Crippen molar-refractivity contribution in [1.82, 2.24) is 0 Å². The molecule has 0 fully saturated rings. The summed E-state index contributed by atoms with van der Waals surface area (Å²) in [6.45, 7) is 4.28. The van der Waals surface area contributed by atoms with Crippen molar-refractivity contribution in [2.75, 3.05) is 11.7 Å². The number of carbonyl (C=O) groups is 2. The summed E-state index contributed by atoms with van der Waals surface area (Å²) >= 11 is 0. The van der Waals surface area contributed by atoms with E-state index in [2.05, 4.69) is 0 Å². The number of anilines is 1. The second-order valence-electron chi connectivity index (χ2n) is 7.05. The summed E-state index contributed by atoms with van der Waals surface area (Å²) in [4.78, 5) is 30.5. The van der Waals surface area contributed by atoms with E-state index in [9.17, 15) is 14.7 Å². The van der Waals surface area contributed by atoms with Crippen molar-refractivity contribution in [2.24, 2.45) is 5.92 Å². The number of rotatable bonds is 7. The van der Waals surface area contributed by atoms with Gasteiger partial charge in [-0.25, -0.2) is 4.79 Å². The lowest BCUT2D eigenvalue weighted by Crippen LogP contribution is -2.33. The summed E-state index contributed by atoms with van der Waals surface area (Å²) in [7, 11) is 0. The summed E-state index contributed by atoms with van der Waals surface area (Å²) in [6, 6.07) is 23.5. The van der Waals surface area contributed by atoms with Gasteiger partial charge in [0.1, 0.15) is 0 Å². The number of aromatic carboxylic acids is 1. The molecule has 0 aliphatic heterocycles. The Labute approximate surface area is 170 Å². The van der Waals surface area contributed by atoms with E-state index >= 15 is 0 Å². The van der Waals surface area contributed by atoms with Crippen LogP contribution in [0.1, 0.15) is 34.6 Å². The summed E-state index contributed by atoms with van der Waals surface area (Å²) in [5.41, 5.74) is 2.63. The number of carbonyl (C=O) groups excluding carboxylic acids is 1. The van der Waals surface area contributed by atoms with Crippen LogP contribution in [0.4, 0.5) is 5.69 Å². The molecule has 0 saturated heterocycles. The van der Waals surface area contributed by atoms with Gasteiger partial charge in [0, 0.05) is 0 Å². The smallest absolute Gasteiger partial charge is 0.336 e. The minimum atomic E-state index is -1.16. The van der Waals surface area contributed by atoms with Crippen LogP contribution in [0.5, 0.6) is 0 Å². The molecule has 0 unspecified atom stereocenters. The molecule has 0 spiro atoms. The standard InChI is InChI=1S/C24H23NO4/c1-17(2)16-29-25(23(26)21-10-6-7-11-22(21)24(27)28)20-14-12-19(13-15-20)18-8-4-3-5-9-18/h3-15,17H,16H2,1-2H3,(H,27,28). The van der Waals surface area contributed by atoms with Crippen LogP contribution in [0, 0.1) is 5.92 Å². The molecule has 3 rings (SSSR count). The van der Waals surface area contributed by atoms with Crippen LogP contribution in [0.3, 0.4) is 0 Å². The van der Waals surface area contributed by atoms with Crippen LogP contribution in [0.25, 0.3) is 11.1 Å². The quantitative estimate of drug-likeness (QED) is 0.558. The number of hydrogen-bond acceptors (Lipinski definition) is 3. The molecule has 1 N–H and O–H groups in total. The predicted octanol–water partition coefficient (Wildman–Crippen LogP) is 5.29. The zero-order valence-electron chi connectivity index (χ0n) is 16.4. The normalized spacial score (nSPS) is 10.7. The van der Waals surface area contributed by atoms with E-state index in [0.29, 0.717) is 12.3 Å². The molecular formula is C24H23NO4. The van der Waals surface area contributed by atoms with Gasteiger partial charge in [-0.1, -0.05) is 68.4 Å². The zero-order valence-corrected chi connectivity index (χ0v) is 16.4. The van der Waals surface area contributed by atoms with E-state index in [0.717, 1.165) is 11.1 Å². The van der Waals surface area contributed by atoms with Gasteiger partial charge in [-0.3, -0.25) is 9.63 Å². The van der Waals surface area contributed by atoms with Gasteiger partial charge in [0.05, 0.1) is 23.4 Å². The third-order valence-electron chi connectivity index (χ3n) is 4.32. The van der Waals surface area contributed by atoms with Crippen molar-refractivity contribution >= 4 is 17.6 Å². The summed E-state index contributed by atoms with van der Waals surface area (Å²) in [5, 5.41) is 10.6. The molecule has 3 aromatic carbocycles. The number of carboxylic acid groups (broad SMARTS) is 1. The molecule has 29 heavy (non-hydrogen) atoms. The van der Waals surface area contributed by atoms with Gasteiger partial charge in [-0.2, -0.15) is 5.06 Å². The molecule has 0 aliphatic rings. The van der Waals surface area contributed by atoms with Crippen LogP contribution >= 0.6 is 0 Å². The molecule has 1 amide bonds. The van der Waals surface area contributed by atoms with Crippen molar-refractivity contribution in [2.45, 2.75) is 13.8 Å². The first-order chi connectivity index (χ1) is 14.0.